The first-order chi connectivity index (χ1) is 22.1. The van der Waals surface area contributed by atoms with E-state index in [0.717, 1.165) is 70.6 Å². The molecular weight excluding hydrogens is 556 g/mol. The molecule has 1 atom stereocenters. The highest BCUT2D eigenvalue weighted by atomic mass is 16.5. The molecule has 0 radical (unpaired) electrons. The third-order valence-corrected chi connectivity index (χ3v) is 8.93. The molecule has 0 amide bonds. The fraction of sp³-hybridized carbons (Fsp3) is 0.854. The molecular formula is C41H76O4. The van der Waals surface area contributed by atoms with E-state index in [2.05, 4.69) is 38.2 Å². The molecule has 4 nitrogen and oxygen atoms in total. The Morgan fingerprint density at radius 2 is 0.867 bits per heavy atom. The van der Waals surface area contributed by atoms with E-state index in [9.17, 15) is 9.59 Å². The highest BCUT2D eigenvalue weighted by molar-refractivity contribution is 5.69. The van der Waals surface area contributed by atoms with Crippen molar-refractivity contribution in [2.75, 3.05) is 0 Å². The second-order valence-corrected chi connectivity index (χ2v) is 13.5. The third kappa shape index (κ3) is 36.8. The van der Waals surface area contributed by atoms with Gasteiger partial charge in [0.15, 0.2) is 0 Å². The van der Waals surface area contributed by atoms with Crippen molar-refractivity contribution in [3.63, 3.8) is 0 Å². The summed E-state index contributed by atoms with van der Waals surface area (Å²) in [6.07, 6.45) is 46.4. The molecule has 0 heterocycles. The van der Waals surface area contributed by atoms with Crippen molar-refractivity contribution in [2.45, 2.75) is 225 Å². The van der Waals surface area contributed by atoms with Gasteiger partial charge in [0, 0.05) is 12.8 Å². The molecule has 45 heavy (non-hydrogen) atoms. The Kier molecular flexibility index (Phi) is 35.6. The van der Waals surface area contributed by atoms with Crippen LogP contribution in [-0.2, 0) is 14.3 Å². The smallest absolute Gasteiger partial charge is 0.306 e. The summed E-state index contributed by atoms with van der Waals surface area (Å²) < 4.78 is 5.96. The third-order valence-electron chi connectivity index (χ3n) is 8.93. The first-order valence-electron chi connectivity index (χ1n) is 19.8. The van der Waals surface area contributed by atoms with Crippen LogP contribution in [0.25, 0.3) is 0 Å². The van der Waals surface area contributed by atoms with Crippen molar-refractivity contribution < 1.29 is 19.4 Å². The van der Waals surface area contributed by atoms with Gasteiger partial charge in [0.1, 0.15) is 6.10 Å². The van der Waals surface area contributed by atoms with Gasteiger partial charge in [0.05, 0.1) is 0 Å². The minimum absolute atomic E-state index is 0.00225. The van der Waals surface area contributed by atoms with Crippen LogP contribution in [0, 0.1) is 0 Å². The SMILES string of the molecule is CCCCC/C=C\C/C=C\CCCCCCCCCCCCCC(=O)OC(CCCCCCCC)CCCCCCCC(=O)O. The predicted molar refractivity (Wildman–Crippen MR) is 195 cm³/mol. The van der Waals surface area contributed by atoms with Crippen LogP contribution in [0.3, 0.4) is 0 Å². The maximum atomic E-state index is 12.6. The molecule has 0 aliphatic carbocycles. The molecule has 0 saturated heterocycles. The molecule has 0 bridgehead atoms. The number of rotatable bonds is 36. The van der Waals surface area contributed by atoms with Crippen molar-refractivity contribution in [3.8, 4) is 0 Å². The van der Waals surface area contributed by atoms with Crippen molar-refractivity contribution >= 4 is 11.9 Å². The van der Waals surface area contributed by atoms with Gasteiger partial charge in [-0.1, -0.05) is 160 Å². The van der Waals surface area contributed by atoms with E-state index >= 15 is 0 Å². The number of carbonyl (C=O) groups is 2. The Balaban J connectivity index is 3.77. The van der Waals surface area contributed by atoms with E-state index in [1.807, 2.05) is 0 Å². The van der Waals surface area contributed by atoms with Crippen LogP contribution in [0.15, 0.2) is 24.3 Å². The lowest BCUT2D eigenvalue weighted by Gasteiger charge is -2.18. The van der Waals surface area contributed by atoms with Crippen LogP contribution in [0.5, 0.6) is 0 Å². The predicted octanol–water partition coefficient (Wildman–Crippen LogP) is 13.6. The summed E-state index contributed by atoms with van der Waals surface area (Å²) >= 11 is 0. The number of aliphatic carboxylic acids is 1. The molecule has 1 N–H and O–H groups in total. The van der Waals surface area contributed by atoms with Gasteiger partial charge in [-0.05, 0) is 70.6 Å². The summed E-state index contributed by atoms with van der Waals surface area (Å²) in [6.45, 7) is 4.50. The summed E-state index contributed by atoms with van der Waals surface area (Å²) in [7, 11) is 0. The van der Waals surface area contributed by atoms with E-state index in [4.69, 9.17) is 9.84 Å². The Hall–Kier alpha value is -1.58. The summed E-state index contributed by atoms with van der Waals surface area (Å²) in [5.74, 6) is -0.703. The average Bonchev–Trinajstić information content (AvgIpc) is 3.02. The minimum Gasteiger partial charge on any atom is -0.481 e. The quantitative estimate of drug-likeness (QED) is 0.0424. The number of unbranched alkanes of at least 4 members (excludes halogenated alkanes) is 23. The monoisotopic (exact) mass is 633 g/mol. The Morgan fingerprint density at radius 3 is 1.36 bits per heavy atom. The first kappa shape index (κ1) is 43.4. The molecule has 0 saturated carbocycles. The first-order valence-corrected chi connectivity index (χ1v) is 19.8. The zero-order chi connectivity index (χ0) is 32.9. The van der Waals surface area contributed by atoms with Crippen LogP contribution >= 0.6 is 0 Å². The highest BCUT2D eigenvalue weighted by Crippen LogP contribution is 2.19. The Labute approximate surface area is 280 Å². The van der Waals surface area contributed by atoms with E-state index in [1.165, 1.54) is 122 Å². The normalized spacial score (nSPS) is 12.4. The molecule has 1 unspecified atom stereocenters. The Bertz CT molecular complexity index is 683. The van der Waals surface area contributed by atoms with E-state index in [1.54, 1.807) is 0 Å². The molecule has 0 aromatic carbocycles. The molecule has 0 spiro atoms. The van der Waals surface area contributed by atoms with Crippen molar-refractivity contribution in [2.24, 2.45) is 0 Å². The van der Waals surface area contributed by atoms with Crippen molar-refractivity contribution in [1.29, 1.82) is 0 Å². The largest absolute Gasteiger partial charge is 0.481 e. The lowest BCUT2D eigenvalue weighted by Crippen LogP contribution is -2.18. The highest BCUT2D eigenvalue weighted by Gasteiger charge is 2.14. The van der Waals surface area contributed by atoms with Gasteiger partial charge in [-0.15, -0.1) is 0 Å². The van der Waals surface area contributed by atoms with E-state index in [-0.39, 0.29) is 18.5 Å². The van der Waals surface area contributed by atoms with Gasteiger partial charge >= 0.3 is 11.9 Å². The molecule has 0 aliphatic rings. The summed E-state index contributed by atoms with van der Waals surface area (Å²) in [5.41, 5.74) is 0. The van der Waals surface area contributed by atoms with Crippen LogP contribution in [0.4, 0.5) is 0 Å². The van der Waals surface area contributed by atoms with Gasteiger partial charge in [0.25, 0.3) is 0 Å². The zero-order valence-electron chi connectivity index (χ0n) is 30.2. The van der Waals surface area contributed by atoms with Crippen LogP contribution < -0.4 is 0 Å². The van der Waals surface area contributed by atoms with E-state index < -0.39 is 5.97 Å². The van der Waals surface area contributed by atoms with Gasteiger partial charge in [-0.3, -0.25) is 9.59 Å². The second-order valence-electron chi connectivity index (χ2n) is 13.5. The van der Waals surface area contributed by atoms with Crippen LogP contribution in [0.1, 0.15) is 219 Å². The minimum atomic E-state index is -0.701. The molecule has 264 valence electrons. The molecule has 0 fully saturated rings. The van der Waals surface area contributed by atoms with Gasteiger partial charge in [-0.2, -0.15) is 0 Å². The molecule has 0 aliphatic heterocycles. The Morgan fingerprint density at radius 1 is 0.489 bits per heavy atom. The summed E-state index contributed by atoms with van der Waals surface area (Å²) in [6, 6.07) is 0. The van der Waals surface area contributed by atoms with Gasteiger partial charge in [0.2, 0.25) is 0 Å². The average molecular weight is 633 g/mol. The standard InChI is InChI=1S/C41H76O4/c1-3-5-7-9-11-12-13-14-15-16-17-18-19-20-21-22-23-24-25-30-34-38-41(44)45-39(35-31-27-10-8-6-4-2)36-32-28-26-29-33-37-40(42)43/h11-12,14-15,39H,3-10,13,16-38H2,1-2H3,(H,42,43)/b12-11-,15-14-. The second kappa shape index (κ2) is 36.9. The molecule has 0 aromatic rings. The maximum Gasteiger partial charge on any atom is 0.306 e. The van der Waals surface area contributed by atoms with Crippen molar-refractivity contribution in [1.82, 2.24) is 0 Å². The number of hydrogen-bond acceptors (Lipinski definition) is 3. The number of hydrogen-bond donors (Lipinski definition) is 1. The number of carboxylic acid groups (broad SMARTS) is 1. The molecule has 0 rings (SSSR count). The van der Waals surface area contributed by atoms with Gasteiger partial charge in [-0.25, -0.2) is 0 Å². The van der Waals surface area contributed by atoms with Crippen LogP contribution in [0.2, 0.25) is 0 Å². The lowest BCUT2D eigenvalue weighted by molar-refractivity contribution is -0.150. The summed E-state index contributed by atoms with van der Waals surface area (Å²) in [4.78, 5) is 23.2. The number of allylic oxidation sites excluding steroid dienone is 4. The van der Waals surface area contributed by atoms with Crippen LogP contribution in [-0.4, -0.2) is 23.1 Å². The fourth-order valence-electron chi connectivity index (χ4n) is 5.98. The van der Waals surface area contributed by atoms with Crippen molar-refractivity contribution in [3.05, 3.63) is 24.3 Å². The topological polar surface area (TPSA) is 63.6 Å². The number of ether oxygens (including phenoxy) is 1. The number of esters is 1. The zero-order valence-corrected chi connectivity index (χ0v) is 30.2. The van der Waals surface area contributed by atoms with Gasteiger partial charge < -0.3 is 9.84 Å². The molecule has 0 aromatic heterocycles. The van der Waals surface area contributed by atoms with E-state index in [0.29, 0.717) is 6.42 Å². The number of carboxylic acids is 1. The fourth-order valence-corrected chi connectivity index (χ4v) is 5.98. The number of carbonyl (C=O) groups excluding carboxylic acids is 1. The lowest BCUT2D eigenvalue weighted by atomic mass is 10.0. The maximum absolute atomic E-state index is 12.6. The molecule has 4 heteroatoms. The summed E-state index contributed by atoms with van der Waals surface area (Å²) in [5, 5.41) is 8.78.